The fraction of sp³-hybridized carbons (Fsp3) is 0.786. The molecule has 1 heterocycles. The second-order valence-corrected chi connectivity index (χ2v) is 6.49. The third-order valence-corrected chi connectivity index (χ3v) is 5.45. The van der Waals surface area contributed by atoms with Crippen molar-refractivity contribution in [3.8, 4) is 6.07 Å². The molecule has 4 saturated carbocycles. The fourth-order valence-corrected chi connectivity index (χ4v) is 4.96. The Hall–Kier alpha value is -1.37. The van der Waals surface area contributed by atoms with Gasteiger partial charge in [0.15, 0.2) is 5.69 Å². The first kappa shape index (κ1) is 10.5. The van der Waals surface area contributed by atoms with Crippen LogP contribution >= 0.6 is 0 Å². The number of rotatable bonds is 2. The van der Waals surface area contributed by atoms with E-state index >= 15 is 0 Å². The summed E-state index contributed by atoms with van der Waals surface area (Å²) < 4.78 is 0. The minimum Gasteiger partial charge on any atom is -0.191 e. The van der Waals surface area contributed by atoms with Crippen LogP contribution in [0.2, 0.25) is 0 Å². The zero-order valence-corrected chi connectivity index (χ0v) is 10.5. The smallest absolute Gasteiger partial charge is 0.182 e. The normalized spacial score (nSPS) is 40.9. The summed E-state index contributed by atoms with van der Waals surface area (Å²) >= 11 is 0. The highest BCUT2D eigenvalue weighted by Crippen LogP contribution is 2.56. The summed E-state index contributed by atoms with van der Waals surface area (Å²) in [7, 11) is 0. The van der Waals surface area contributed by atoms with Crippen molar-refractivity contribution in [1.29, 1.82) is 5.26 Å². The molecule has 4 heteroatoms. The van der Waals surface area contributed by atoms with E-state index in [1.165, 1.54) is 32.1 Å². The minimum absolute atomic E-state index is 0.443. The Morgan fingerprint density at radius 1 is 1.17 bits per heavy atom. The van der Waals surface area contributed by atoms with Crippen molar-refractivity contribution in [2.45, 2.75) is 38.6 Å². The maximum Gasteiger partial charge on any atom is 0.182 e. The van der Waals surface area contributed by atoms with Gasteiger partial charge in [0, 0.05) is 0 Å². The number of hydrogen-bond donors (Lipinski definition) is 0. The molecule has 4 aliphatic rings. The predicted octanol–water partition coefficient (Wildman–Crippen LogP) is 2.22. The van der Waals surface area contributed by atoms with Crippen LogP contribution in [0.4, 0.5) is 0 Å². The van der Waals surface area contributed by atoms with E-state index in [1.54, 1.807) is 11.0 Å². The molecule has 5 rings (SSSR count). The van der Waals surface area contributed by atoms with E-state index in [0.29, 0.717) is 5.69 Å². The van der Waals surface area contributed by atoms with E-state index in [0.717, 1.165) is 36.1 Å². The van der Waals surface area contributed by atoms with Crippen LogP contribution in [-0.2, 0) is 6.54 Å². The zero-order valence-electron chi connectivity index (χ0n) is 10.5. The summed E-state index contributed by atoms with van der Waals surface area (Å²) in [6, 6.07) is 2.05. The maximum absolute atomic E-state index is 8.79. The molecule has 4 aliphatic carbocycles. The van der Waals surface area contributed by atoms with Crippen molar-refractivity contribution >= 4 is 0 Å². The molecular formula is C14H18N4. The lowest BCUT2D eigenvalue weighted by Crippen LogP contribution is -2.46. The second kappa shape index (κ2) is 3.81. The highest BCUT2D eigenvalue weighted by atomic mass is 15.5. The summed E-state index contributed by atoms with van der Waals surface area (Å²) in [6.07, 6.45) is 8.82. The van der Waals surface area contributed by atoms with Gasteiger partial charge in [-0.05, 0) is 61.7 Å². The van der Waals surface area contributed by atoms with E-state index < -0.39 is 0 Å². The Morgan fingerprint density at radius 2 is 1.83 bits per heavy atom. The number of hydrogen-bond acceptors (Lipinski definition) is 3. The average molecular weight is 242 g/mol. The van der Waals surface area contributed by atoms with Gasteiger partial charge in [-0.25, -0.2) is 0 Å². The molecular weight excluding hydrogens is 224 g/mol. The lowest BCUT2D eigenvalue weighted by Gasteiger charge is -2.54. The SMILES string of the molecule is N#Cc1cnn(CC2C3CC4CC(C3)CC2C4)n1. The number of nitriles is 1. The largest absolute Gasteiger partial charge is 0.191 e. The van der Waals surface area contributed by atoms with Crippen LogP contribution in [0.5, 0.6) is 0 Å². The van der Waals surface area contributed by atoms with Crippen molar-refractivity contribution < 1.29 is 0 Å². The van der Waals surface area contributed by atoms with Gasteiger partial charge in [-0.2, -0.15) is 15.2 Å². The molecule has 0 spiro atoms. The summed E-state index contributed by atoms with van der Waals surface area (Å²) in [6.45, 7) is 0.927. The van der Waals surface area contributed by atoms with Gasteiger partial charge in [-0.3, -0.25) is 0 Å². The van der Waals surface area contributed by atoms with Crippen LogP contribution in [-0.4, -0.2) is 15.0 Å². The fourth-order valence-electron chi connectivity index (χ4n) is 4.96. The Balaban J connectivity index is 1.53. The predicted molar refractivity (Wildman–Crippen MR) is 65.3 cm³/mol. The first-order chi connectivity index (χ1) is 8.81. The van der Waals surface area contributed by atoms with E-state index in [4.69, 9.17) is 5.26 Å². The molecule has 0 atom stereocenters. The van der Waals surface area contributed by atoms with Gasteiger partial charge in [0.05, 0.1) is 12.7 Å². The van der Waals surface area contributed by atoms with Crippen LogP contribution in [0.1, 0.15) is 37.8 Å². The van der Waals surface area contributed by atoms with Crippen LogP contribution in [0.25, 0.3) is 0 Å². The van der Waals surface area contributed by atoms with Crippen LogP contribution in [0.3, 0.4) is 0 Å². The first-order valence-corrected chi connectivity index (χ1v) is 7.12. The lowest BCUT2D eigenvalue weighted by molar-refractivity contribution is -0.0457. The van der Waals surface area contributed by atoms with E-state index in [2.05, 4.69) is 16.3 Å². The molecule has 0 amide bonds. The Kier molecular flexibility index (Phi) is 2.23. The second-order valence-electron chi connectivity index (χ2n) is 6.49. The highest BCUT2D eigenvalue weighted by molar-refractivity contribution is 5.12. The monoisotopic (exact) mass is 242 g/mol. The van der Waals surface area contributed by atoms with Gasteiger partial charge >= 0.3 is 0 Å². The average Bonchev–Trinajstić information content (AvgIpc) is 2.80. The molecule has 0 radical (unpaired) electrons. The minimum atomic E-state index is 0.443. The molecule has 4 nitrogen and oxygen atoms in total. The number of aromatic nitrogens is 3. The zero-order chi connectivity index (χ0) is 12.1. The van der Waals surface area contributed by atoms with Gasteiger partial charge in [-0.1, -0.05) is 0 Å². The molecule has 18 heavy (non-hydrogen) atoms. The van der Waals surface area contributed by atoms with Gasteiger partial charge in [0.2, 0.25) is 0 Å². The van der Waals surface area contributed by atoms with Gasteiger partial charge < -0.3 is 0 Å². The van der Waals surface area contributed by atoms with Crippen LogP contribution < -0.4 is 0 Å². The Morgan fingerprint density at radius 3 is 2.39 bits per heavy atom. The van der Waals surface area contributed by atoms with Crippen molar-refractivity contribution in [3.05, 3.63) is 11.9 Å². The summed E-state index contributed by atoms with van der Waals surface area (Å²) in [5.41, 5.74) is 0.443. The van der Waals surface area contributed by atoms with Crippen LogP contribution in [0, 0.1) is 40.9 Å². The first-order valence-electron chi connectivity index (χ1n) is 7.12. The molecule has 1 aromatic heterocycles. The quantitative estimate of drug-likeness (QED) is 0.799. The topological polar surface area (TPSA) is 54.5 Å². The summed E-state index contributed by atoms with van der Waals surface area (Å²) in [5.74, 6) is 4.60. The molecule has 0 unspecified atom stereocenters. The van der Waals surface area contributed by atoms with Gasteiger partial charge in [0.25, 0.3) is 0 Å². The van der Waals surface area contributed by atoms with Crippen LogP contribution in [0.15, 0.2) is 6.20 Å². The molecule has 4 fully saturated rings. The van der Waals surface area contributed by atoms with E-state index in [-0.39, 0.29) is 0 Å². The van der Waals surface area contributed by atoms with Crippen molar-refractivity contribution in [2.24, 2.45) is 29.6 Å². The third-order valence-electron chi connectivity index (χ3n) is 5.45. The van der Waals surface area contributed by atoms with Crippen molar-refractivity contribution in [3.63, 3.8) is 0 Å². The van der Waals surface area contributed by atoms with Gasteiger partial charge in [-0.15, -0.1) is 5.10 Å². The Bertz CT molecular complexity index is 470. The summed E-state index contributed by atoms with van der Waals surface area (Å²) in [4.78, 5) is 1.76. The standard InChI is InChI=1S/C14H18N4/c15-6-13-7-16-18(17-13)8-14-11-2-9-1-10(4-11)5-12(14)3-9/h7,9-12,14H,1-5,8H2. The molecule has 0 saturated heterocycles. The van der Waals surface area contributed by atoms with E-state index in [1.807, 2.05) is 0 Å². The summed E-state index contributed by atoms with van der Waals surface area (Å²) in [5, 5.41) is 17.2. The molecule has 1 aromatic rings. The lowest BCUT2D eigenvalue weighted by atomic mass is 9.52. The number of nitrogens with zero attached hydrogens (tertiary/aromatic N) is 4. The van der Waals surface area contributed by atoms with Gasteiger partial charge in [0.1, 0.15) is 6.07 Å². The molecule has 4 bridgehead atoms. The highest BCUT2D eigenvalue weighted by Gasteiger charge is 2.48. The molecule has 0 N–H and O–H groups in total. The van der Waals surface area contributed by atoms with E-state index in [9.17, 15) is 0 Å². The molecule has 94 valence electrons. The third kappa shape index (κ3) is 1.57. The molecule has 0 aromatic carbocycles. The molecule has 0 aliphatic heterocycles. The van der Waals surface area contributed by atoms with Crippen molar-refractivity contribution in [1.82, 2.24) is 15.0 Å². The maximum atomic E-state index is 8.79. The van der Waals surface area contributed by atoms with Crippen molar-refractivity contribution in [2.75, 3.05) is 0 Å². The Labute approximate surface area is 107 Å².